The summed E-state index contributed by atoms with van der Waals surface area (Å²) in [5.41, 5.74) is 3.71. The predicted octanol–water partition coefficient (Wildman–Crippen LogP) is 5.73. The van der Waals surface area contributed by atoms with Gasteiger partial charge in [-0.25, -0.2) is 14.4 Å². The fourth-order valence-corrected chi connectivity index (χ4v) is 6.68. The number of halogens is 2. The molecule has 0 N–H and O–H groups in total. The number of imidazole rings is 1. The summed E-state index contributed by atoms with van der Waals surface area (Å²) in [6.07, 6.45) is 4.54. The molecule has 216 valence electrons. The van der Waals surface area contributed by atoms with E-state index in [0.717, 1.165) is 29.7 Å². The fraction of sp³-hybridized carbons (Fsp3) is 0.375. The standard InChI is InChI=1S/C32H33ClFN7O/c1-5-26(42)40-13-11-21(14-20(40)10-12-35)41-18-36-30-31(41)24-15-25(33)27(23-9-7-6-8-19(23)2)28(34)29(24)37-32(30)39-16-22(17-39)38(3)4/h5-9,15,18,20-22H,1,10-11,13-14,16-17H2,2-4H3. The Balaban J connectivity index is 1.54. The number of likely N-dealkylation sites (tertiary alicyclic amines) is 1. The minimum absolute atomic E-state index is 0.0514. The molecular formula is C32H33ClFN7O. The van der Waals surface area contributed by atoms with E-state index in [-0.39, 0.29) is 29.9 Å². The number of nitriles is 1. The van der Waals surface area contributed by atoms with Crippen molar-refractivity contribution in [2.24, 2.45) is 0 Å². The van der Waals surface area contributed by atoms with Gasteiger partial charge in [-0.3, -0.25) is 4.79 Å². The maximum absolute atomic E-state index is 16.6. The number of aromatic nitrogens is 3. The first kappa shape index (κ1) is 28.1. The number of aryl methyl sites for hydroxylation is 1. The van der Waals surface area contributed by atoms with Crippen molar-refractivity contribution in [2.45, 2.75) is 44.3 Å². The van der Waals surface area contributed by atoms with Gasteiger partial charge in [0.15, 0.2) is 11.6 Å². The molecule has 4 heterocycles. The van der Waals surface area contributed by atoms with Gasteiger partial charge in [0.1, 0.15) is 11.0 Å². The van der Waals surface area contributed by atoms with E-state index in [1.54, 1.807) is 17.3 Å². The topological polar surface area (TPSA) is 81.3 Å². The Kier molecular flexibility index (Phi) is 7.37. The minimum Gasteiger partial charge on any atom is -0.351 e. The Labute approximate surface area is 249 Å². The largest absolute Gasteiger partial charge is 0.351 e. The zero-order valence-electron chi connectivity index (χ0n) is 24.0. The molecule has 2 aliphatic heterocycles. The molecule has 2 unspecified atom stereocenters. The fourth-order valence-electron chi connectivity index (χ4n) is 6.39. The molecule has 2 aromatic heterocycles. The van der Waals surface area contributed by atoms with Gasteiger partial charge in [-0.05, 0) is 57.1 Å². The second-order valence-corrected chi connectivity index (χ2v) is 11.9. The van der Waals surface area contributed by atoms with Crippen LogP contribution in [0.15, 0.2) is 49.3 Å². The van der Waals surface area contributed by atoms with Crippen LogP contribution in [-0.2, 0) is 4.79 Å². The van der Waals surface area contributed by atoms with E-state index in [1.165, 1.54) is 6.08 Å². The summed E-state index contributed by atoms with van der Waals surface area (Å²) in [7, 11) is 4.11. The zero-order chi connectivity index (χ0) is 29.7. The smallest absolute Gasteiger partial charge is 0.246 e. The number of anilines is 1. The molecule has 10 heteroatoms. The van der Waals surface area contributed by atoms with Crippen LogP contribution in [0, 0.1) is 24.1 Å². The second kappa shape index (κ2) is 11.0. The Hall–Kier alpha value is -4.00. The molecular weight excluding hydrogens is 553 g/mol. The molecule has 0 aliphatic carbocycles. The number of rotatable bonds is 6. The summed E-state index contributed by atoms with van der Waals surface area (Å²) in [5, 5.41) is 10.4. The molecule has 0 saturated carbocycles. The summed E-state index contributed by atoms with van der Waals surface area (Å²) in [5.74, 6) is 0.0206. The maximum atomic E-state index is 16.6. The van der Waals surface area contributed by atoms with Gasteiger partial charge in [0.05, 0.1) is 29.4 Å². The summed E-state index contributed by atoms with van der Waals surface area (Å²) in [6.45, 7) is 7.58. The number of amides is 1. The lowest BCUT2D eigenvalue weighted by Gasteiger charge is -2.43. The van der Waals surface area contributed by atoms with Crippen LogP contribution in [0.25, 0.3) is 33.1 Å². The number of carbonyl (C=O) groups excluding carboxylic acids is 1. The van der Waals surface area contributed by atoms with Gasteiger partial charge in [0.2, 0.25) is 5.91 Å². The average Bonchev–Trinajstić information content (AvgIpc) is 3.39. The number of likely N-dealkylation sites (N-methyl/N-ethyl adjacent to an activating group) is 1. The van der Waals surface area contributed by atoms with Gasteiger partial charge in [-0.2, -0.15) is 5.26 Å². The van der Waals surface area contributed by atoms with E-state index >= 15 is 4.39 Å². The van der Waals surface area contributed by atoms with Gasteiger partial charge in [-0.1, -0.05) is 42.4 Å². The maximum Gasteiger partial charge on any atom is 0.246 e. The molecule has 0 radical (unpaired) electrons. The molecule has 2 aliphatic rings. The third-order valence-electron chi connectivity index (χ3n) is 8.84. The van der Waals surface area contributed by atoms with Crippen LogP contribution in [0.3, 0.4) is 0 Å². The van der Waals surface area contributed by atoms with E-state index in [2.05, 4.69) is 41.1 Å². The van der Waals surface area contributed by atoms with Gasteiger partial charge < -0.3 is 19.3 Å². The number of benzene rings is 2. The molecule has 2 fully saturated rings. The van der Waals surface area contributed by atoms with Crippen molar-refractivity contribution in [1.29, 1.82) is 5.26 Å². The van der Waals surface area contributed by atoms with Crippen LogP contribution >= 0.6 is 11.6 Å². The van der Waals surface area contributed by atoms with Gasteiger partial charge in [-0.15, -0.1) is 0 Å². The van der Waals surface area contributed by atoms with Crippen molar-refractivity contribution in [3.8, 4) is 17.2 Å². The van der Waals surface area contributed by atoms with E-state index in [4.69, 9.17) is 21.6 Å². The van der Waals surface area contributed by atoms with E-state index in [0.29, 0.717) is 52.7 Å². The number of nitrogens with zero attached hydrogens (tertiary/aromatic N) is 7. The third kappa shape index (κ3) is 4.59. The molecule has 2 aromatic carbocycles. The number of fused-ring (bicyclic) bond motifs is 3. The highest BCUT2D eigenvalue weighted by Crippen LogP contribution is 2.43. The van der Waals surface area contributed by atoms with Crippen LogP contribution in [-0.4, -0.2) is 76.1 Å². The lowest BCUT2D eigenvalue weighted by atomic mass is 9.94. The van der Waals surface area contributed by atoms with Crippen LogP contribution in [0.5, 0.6) is 0 Å². The van der Waals surface area contributed by atoms with E-state index in [9.17, 15) is 10.1 Å². The van der Waals surface area contributed by atoms with Crippen LogP contribution < -0.4 is 4.90 Å². The van der Waals surface area contributed by atoms with Crippen LogP contribution in [0.1, 0.15) is 30.9 Å². The summed E-state index contributed by atoms with van der Waals surface area (Å²) < 4.78 is 18.7. The van der Waals surface area contributed by atoms with Crippen molar-refractivity contribution in [2.75, 3.05) is 38.6 Å². The van der Waals surface area contributed by atoms with Crippen LogP contribution in [0.4, 0.5) is 10.2 Å². The molecule has 42 heavy (non-hydrogen) atoms. The number of hydrogen-bond acceptors (Lipinski definition) is 6. The van der Waals surface area contributed by atoms with Gasteiger partial charge in [0.25, 0.3) is 0 Å². The third-order valence-corrected chi connectivity index (χ3v) is 9.14. The predicted molar refractivity (Wildman–Crippen MR) is 164 cm³/mol. The van der Waals surface area contributed by atoms with Crippen molar-refractivity contribution >= 4 is 45.3 Å². The molecule has 0 spiro atoms. The Bertz CT molecular complexity index is 1750. The van der Waals surface area contributed by atoms with E-state index in [1.807, 2.05) is 31.2 Å². The highest BCUT2D eigenvalue weighted by molar-refractivity contribution is 6.34. The van der Waals surface area contributed by atoms with Crippen molar-refractivity contribution in [3.05, 3.63) is 65.7 Å². The van der Waals surface area contributed by atoms with Crippen molar-refractivity contribution in [3.63, 3.8) is 0 Å². The van der Waals surface area contributed by atoms with Crippen LogP contribution in [0.2, 0.25) is 5.02 Å². The average molecular weight is 586 g/mol. The lowest BCUT2D eigenvalue weighted by molar-refractivity contribution is -0.130. The summed E-state index contributed by atoms with van der Waals surface area (Å²) in [6, 6.07) is 11.7. The first-order valence-electron chi connectivity index (χ1n) is 14.2. The quantitative estimate of drug-likeness (QED) is 0.269. The number of piperidine rings is 1. The molecule has 8 nitrogen and oxygen atoms in total. The molecule has 2 saturated heterocycles. The molecule has 6 rings (SSSR count). The molecule has 4 aromatic rings. The normalized spacial score (nSPS) is 19.4. The summed E-state index contributed by atoms with van der Waals surface area (Å²) in [4.78, 5) is 28.3. The van der Waals surface area contributed by atoms with Gasteiger partial charge in [0, 0.05) is 48.7 Å². The number of pyridine rings is 1. The molecule has 1 amide bonds. The highest BCUT2D eigenvalue weighted by Gasteiger charge is 2.35. The zero-order valence-corrected chi connectivity index (χ0v) is 24.8. The molecule has 2 atom stereocenters. The van der Waals surface area contributed by atoms with Gasteiger partial charge >= 0.3 is 0 Å². The lowest BCUT2D eigenvalue weighted by Crippen LogP contribution is -2.57. The Morgan fingerprint density at radius 2 is 2.05 bits per heavy atom. The number of hydrogen-bond donors (Lipinski definition) is 0. The molecule has 0 bridgehead atoms. The van der Waals surface area contributed by atoms with Crippen molar-refractivity contribution in [1.82, 2.24) is 24.3 Å². The summed E-state index contributed by atoms with van der Waals surface area (Å²) >= 11 is 6.85. The monoisotopic (exact) mass is 585 g/mol. The number of carbonyl (C=O) groups is 1. The van der Waals surface area contributed by atoms with E-state index < -0.39 is 5.82 Å². The Morgan fingerprint density at radius 1 is 1.29 bits per heavy atom. The highest BCUT2D eigenvalue weighted by atomic mass is 35.5. The Morgan fingerprint density at radius 3 is 2.74 bits per heavy atom. The first-order chi connectivity index (χ1) is 20.2. The first-order valence-corrected chi connectivity index (χ1v) is 14.6. The van der Waals surface area contributed by atoms with Crippen molar-refractivity contribution < 1.29 is 9.18 Å². The SMILES string of the molecule is C=CC(=O)N1CCC(n2cnc3c(N4CC(N(C)C)C4)nc4c(F)c(-c5ccccc5C)c(Cl)cc4c32)CC1CC#N. The second-order valence-electron chi connectivity index (χ2n) is 11.5. The minimum atomic E-state index is -0.457.